The molecule has 14 nitrogen and oxygen atoms in total. The Hall–Kier alpha value is -3.70. The maximum absolute atomic E-state index is 12.4. The molecule has 3 aromatic heterocycles. The minimum absolute atomic E-state index is 0.0409. The normalized spacial score (nSPS) is 23.2. The van der Waals surface area contributed by atoms with Crippen LogP contribution in [0.1, 0.15) is 41.4 Å². The number of sulfonamides is 2. The zero-order valence-corrected chi connectivity index (χ0v) is 29.6. The molecule has 0 unspecified atom stereocenters. The molecular weight excluding hydrogens is 713 g/mol. The highest BCUT2D eigenvalue weighted by atomic mass is 35.5. The highest BCUT2D eigenvalue weighted by molar-refractivity contribution is 7.89. The number of hydrogen-bond donors (Lipinski definition) is 3. The average Bonchev–Trinajstić information content (AvgIpc) is 2.97. The van der Waals surface area contributed by atoms with Gasteiger partial charge in [0.05, 0.1) is 44.2 Å². The number of nitrogens with two attached hydrogens (primary N) is 2. The van der Waals surface area contributed by atoms with Crippen molar-refractivity contribution in [3.05, 3.63) is 92.8 Å². The lowest BCUT2D eigenvalue weighted by Crippen LogP contribution is -2.56. The SMILES string of the molecule is C=C1N[C@](C)(c2nc(N)ccc2Cl)CS(=O)(=O)N1C.CN1C(N)=N[C@](C)(c2nc(CC(=O)c3ccc(Cl)cn3)ccc2Cl)CS1(=O)=O. The first kappa shape index (κ1) is 36.1. The Labute approximate surface area is 287 Å². The maximum atomic E-state index is 12.4. The van der Waals surface area contributed by atoms with Crippen LogP contribution in [-0.4, -0.2) is 77.7 Å². The molecule has 0 aromatic carbocycles. The summed E-state index contributed by atoms with van der Waals surface area (Å²) in [5.41, 5.74) is 10.5. The monoisotopic (exact) mass is 743 g/mol. The molecule has 47 heavy (non-hydrogen) atoms. The first-order valence-corrected chi connectivity index (χ1v) is 18.0. The van der Waals surface area contributed by atoms with E-state index in [2.05, 4.69) is 31.8 Å². The summed E-state index contributed by atoms with van der Waals surface area (Å²) in [6.07, 6.45) is 1.35. The van der Waals surface area contributed by atoms with E-state index in [0.717, 1.165) is 8.61 Å². The van der Waals surface area contributed by atoms with E-state index in [1.165, 1.54) is 26.4 Å². The number of rotatable bonds is 5. The Morgan fingerprint density at radius 3 is 2.13 bits per heavy atom. The molecule has 0 saturated carbocycles. The molecule has 2 atom stereocenters. The predicted molar refractivity (Wildman–Crippen MR) is 182 cm³/mol. The van der Waals surface area contributed by atoms with Gasteiger partial charge in [-0.15, -0.1) is 0 Å². The standard InChI is InChI=1S/C17H17Cl2N5O3S.C11H15ClN4O2S/c1-17(9-28(26,27)24(2)16(20)23-17)15-12(19)5-4-11(22-15)7-14(25)13-6-3-10(18)8-21-13;1-7-15-11(2,6-19(17,18)16(7)3)10-8(12)4-5-9(13)14-10/h3-6,8H,7,9H2,1-2H3,(H2,20,23);4-5,15H,1,6H2,2-3H3,(H2,13,14)/t17-;11-/m00/s1. The van der Waals surface area contributed by atoms with Crippen molar-refractivity contribution in [1.82, 2.24) is 28.9 Å². The summed E-state index contributed by atoms with van der Waals surface area (Å²) in [6.45, 7) is 6.99. The third kappa shape index (κ3) is 7.73. The van der Waals surface area contributed by atoms with Gasteiger partial charge in [-0.25, -0.2) is 31.1 Å². The smallest absolute Gasteiger partial charge is 0.239 e. The third-order valence-corrected chi connectivity index (χ3v) is 12.2. The predicted octanol–water partition coefficient (Wildman–Crippen LogP) is 2.88. The van der Waals surface area contributed by atoms with Gasteiger partial charge < -0.3 is 16.8 Å². The van der Waals surface area contributed by atoms with E-state index in [1.807, 2.05) is 0 Å². The number of carbonyl (C=O) groups excluding carboxylic acids is 1. The van der Waals surface area contributed by atoms with Gasteiger partial charge in [0.25, 0.3) is 0 Å². The van der Waals surface area contributed by atoms with Crippen LogP contribution >= 0.6 is 34.8 Å². The highest BCUT2D eigenvalue weighted by Crippen LogP contribution is 2.35. The zero-order chi connectivity index (χ0) is 35.1. The van der Waals surface area contributed by atoms with E-state index >= 15 is 0 Å². The topological polar surface area (TPSA) is 207 Å². The number of anilines is 1. The van der Waals surface area contributed by atoms with Crippen LogP contribution in [0.5, 0.6) is 0 Å². The van der Waals surface area contributed by atoms with Crippen molar-refractivity contribution in [2.24, 2.45) is 10.7 Å². The van der Waals surface area contributed by atoms with E-state index in [9.17, 15) is 21.6 Å². The fraction of sp³-hybridized carbons (Fsp3) is 0.321. The van der Waals surface area contributed by atoms with Gasteiger partial charge in [-0.05, 0) is 50.2 Å². The number of nitrogen functional groups attached to an aromatic ring is 1. The largest absolute Gasteiger partial charge is 0.384 e. The lowest BCUT2D eigenvalue weighted by molar-refractivity contribution is 0.0987. The molecule has 3 aromatic rings. The van der Waals surface area contributed by atoms with Crippen molar-refractivity contribution >= 4 is 72.4 Å². The molecule has 0 aliphatic carbocycles. The molecule has 2 aliphatic heterocycles. The summed E-state index contributed by atoms with van der Waals surface area (Å²) < 4.78 is 51.0. The van der Waals surface area contributed by atoms with Gasteiger partial charge in [0, 0.05) is 26.0 Å². The van der Waals surface area contributed by atoms with Crippen molar-refractivity contribution in [1.29, 1.82) is 0 Å². The average molecular weight is 745 g/mol. The number of guanidine groups is 1. The second-order valence-corrected chi connectivity index (χ2v) is 16.5. The molecule has 0 bridgehead atoms. The number of carbonyl (C=O) groups is 1. The van der Waals surface area contributed by atoms with Gasteiger partial charge in [0.2, 0.25) is 26.0 Å². The summed E-state index contributed by atoms with van der Waals surface area (Å²) in [5, 5.41) is 4.05. The molecule has 1 fully saturated rings. The second-order valence-electron chi connectivity index (χ2n) is 11.3. The van der Waals surface area contributed by atoms with Crippen molar-refractivity contribution < 1.29 is 21.6 Å². The van der Waals surface area contributed by atoms with Gasteiger partial charge in [-0.1, -0.05) is 41.4 Å². The van der Waals surface area contributed by atoms with Crippen LogP contribution < -0.4 is 16.8 Å². The molecule has 5 rings (SSSR count). The fourth-order valence-corrected chi connectivity index (χ4v) is 8.54. The molecule has 0 radical (unpaired) electrons. The molecule has 0 spiro atoms. The molecule has 252 valence electrons. The van der Waals surface area contributed by atoms with Gasteiger partial charge in [0.15, 0.2) is 5.78 Å². The van der Waals surface area contributed by atoms with E-state index in [1.54, 1.807) is 44.2 Å². The van der Waals surface area contributed by atoms with Crippen LogP contribution in [0.15, 0.2) is 60.0 Å². The summed E-state index contributed by atoms with van der Waals surface area (Å²) in [5.74, 6) is -0.385. The van der Waals surface area contributed by atoms with Gasteiger partial charge in [0.1, 0.15) is 28.6 Å². The van der Waals surface area contributed by atoms with Crippen molar-refractivity contribution in [2.75, 3.05) is 31.3 Å². The number of pyridine rings is 3. The first-order valence-electron chi connectivity index (χ1n) is 13.7. The van der Waals surface area contributed by atoms with Crippen LogP contribution in [0.25, 0.3) is 0 Å². The summed E-state index contributed by atoms with van der Waals surface area (Å²) in [4.78, 5) is 29.3. The number of aliphatic imine (C=N–C) groups is 1. The molecule has 5 N–H and O–H groups in total. The Balaban J connectivity index is 0.000000229. The van der Waals surface area contributed by atoms with Crippen LogP contribution in [-0.2, 0) is 37.5 Å². The van der Waals surface area contributed by atoms with Crippen molar-refractivity contribution in [3.8, 4) is 0 Å². The lowest BCUT2D eigenvalue weighted by Gasteiger charge is -2.40. The number of Topliss-reactive ketones (excluding diaryl/α,β-unsaturated/α-hetero) is 1. The van der Waals surface area contributed by atoms with Crippen LogP contribution in [0, 0.1) is 0 Å². The van der Waals surface area contributed by atoms with Gasteiger partial charge in [-0.2, -0.15) is 0 Å². The Morgan fingerprint density at radius 2 is 1.53 bits per heavy atom. The first-order chi connectivity index (χ1) is 21.7. The number of halogens is 3. The Bertz CT molecular complexity index is 2000. The summed E-state index contributed by atoms with van der Waals surface area (Å²) in [7, 11) is -4.37. The van der Waals surface area contributed by atoms with Gasteiger partial charge >= 0.3 is 0 Å². The third-order valence-electron chi connectivity index (χ3n) is 7.41. The summed E-state index contributed by atoms with van der Waals surface area (Å²) in [6, 6.07) is 9.41. The Kier molecular flexibility index (Phi) is 10.1. The maximum Gasteiger partial charge on any atom is 0.239 e. The van der Waals surface area contributed by atoms with Gasteiger partial charge in [-0.3, -0.25) is 19.1 Å². The minimum Gasteiger partial charge on any atom is -0.384 e. The number of ketones is 1. The molecule has 2 aliphatic rings. The number of nitrogens with zero attached hydrogens (tertiary/aromatic N) is 6. The molecule has 0 amide bonds. The van der Waals surface area contributed by atoms with E-state index in [-0.39, 0.29) is 57.7 Å². The number of nitrogens with one attached hydrogen (secondary N) is 1. The van der Waals surface area contributed by atoms with Crippen LogP contribution in [0.3, 0.4) is 0 Å². The van der Waals surface area contributed by atoms with E-state index in [0.29, 0.717) is 21.4 Å². The minimum atomic E-state index is -3.68. The molecule has 19 heteroatoms. The molecule has 1 saturated heterocycles. The zero-order valence-electron chi connectivity index (χ0n) is 25.7. The van der Waals surface area contributed by atoms with E-state index in [4.69, 9.17) is 46.3 Å². The lowest BCUT2D eigenvalue weighted by atomic mass is 9.99. The molecular formula is C28H32Cl3N9O5S2. The number of hydrogen-bond acceptors (Lipinski definition) is 12. The van der Waals surface area contributed by atoms with E-state index < -0.39 is 31.1 Å². The highest BCUT2D eigenvalue weighted by Gasteiger charge is 2.44. The van der Waals surface area contributed by atoms with Crippen LogP contribution in [0.2, 0.25) is 15.1 Å². The Morgan fingerprint density at radius 1 is 0.915 bits per heavy atom. The number of aromatic nitrogens is 3. The quantitative estimate of drug-likeness (QED) is 0.324. The van der Waals surface area contributed by atoms with Crippen molar-refractivity contribution in [3.63, 3.8) is 0 Å². The fourth-order valence-electron chi connectivity index (χ4n) is 4.86. The summed E-state index contributed by atoms with van der Waals surface area (Å²) >= 11 is 18.2. The van der Waals surface area contributed by atoms with Crippen LogP contribution in [0.4, 0.5) is 5.82 Å². The van der Waals surface area contributed by atoms with Crippen molar-refractivity contribution in [2.45, 2.75) is 31.3 Å². The molecule has 5 heterocycles. The second kappa shape index (κ2) is 13.1.